The lowest BCUT2D eigenvalue weighted by atomic mass is 9.99. The zero-order chi connectivity index (χ0) is 76.4. The molecule has 17 nitrogen and oxygen atoms in total. The van der Waals surface area contributed by atoms with Crippen LogP contribution in [0.25, 0.3) is 0 Å². The second kappa shape index (κ2) is 76.4. The van der Waals surface area contributed by atoms with Gasteiger partial charge in [-0.3, -0.25) is 37.3 Å². The largest absolute Gasteiger partial charge is 0.472 e. The fourth-order valence-electron chi connectivity index (χ4n) is 13.2. The first-order chi connectivity index (χ1) is 50.4. The first-order valence-corrected chi connectivity index (χ1v) is 47.1. The summed E-state index contributed by atoms with van der Waals surface area (Å²) in [6.07, 6.45) is 67.8. The third kappa shape index (κ3) is 75.5. The molecule has 0 rings (SSSR count). The maximum atomic E-state index is 13.1. The lowest BCUT2D eigenvalue weighted by molar-refractivity contribution is -0.161. The predicted octanol–water partition coefficient (Wildman–Crippen LogP) is 25.8. The Kier molecular flexibility index (Phi) is 75.0. The highest BCUT2D eigenvalue weighted by Gasteiger charge is 2.30. The third-order valence-electron chi connectivity index (χ3n) is 20.7. The summed E-state index contributed by atoms with van der Waals surface area (Å²) in [6, 6.07) is 0. The van der Waals surface area contributed by atoms with Gasteiger partial charge in [0.1, 0.15) is 19.3 Å². The van der Waals surface area contributed by atoms with Crippen LogP contribution in [0.3, 0.4) is 0 Å². The minimum atomic E-state index is -4.96. The number of unbranched alkanes of at least 4 members (excludes halogenated alkanes) is 52. The molecule has 0 aromatic carbocycles. The van der Waals surface area contributed by atoms with E-state index in [2.05, 4.69) is 41.5 Å². The highest BCUT2D eigenvalue weighted by Crippen LogP contribution is 2.45. The van der Waals surface area contributed by atoms with Gasteiger partial charge in [0.05, 0.1) is 26.4 Å². The molecule has 0 saturated heterocycles. The molecule has 0 spiro atoms. The fourth-order valence-corrected chi connectivity index (χ4v) is 14.8. The summed E-state index contributed by atoms with van der Waals surface area (Å²) >= 11 is 0. The zero-order valence-electron chi connectivity index (χ0n) is 68.3. The van der Waals surface area contributed by atoms with Gasteiger partial charge < -0.3 is 33.8 Å². The van der Waals surface area contributed by atoms with Crippen LogP contribution in [-0.4, -0.2) is 96.7 Å². The summed E-state index contributed by atoms with van der Waals surface area (Å²) in [5.74, 6) is -0.453. The number of hydrogen-bond acceptors (Lipinski definition) is 15. The van der Waals surface area contributed by atoms with E-state index < -0.39 is 97.5 Å². The van der Waals surface area contributed by atoms with Crippen LogP contribution < -0.4 is 0 Å². The molecule has 3 N–H and O–H groups in total. The highest BCUT2D eigenvalue weighted by molar-refractivity contribution is 7.47. The molecule has 7 atom stereocenters. The van der Waals surface area contributed by atoms with Crippen molar-refractivity contribution < 1.29 is 80.2 Å². The van der Waals surface area contributed by atoms with Gasteiger partial charge in [0, 0.05) is 25.7 Å². The normalized spacial score (nSPS) is 14.4. The quantitative estimate of drug-likeness (QED) is 0.0222. The van der Waals surface area contributed by atoms with E-state index in [1.807, 2.05) is 0 Å². The molecular weight excluding hydrogens is 1350 g/mol. The van der Waals surface area contributed by atoms with Gasteiger partial charge in [0.2, 0.25) is 0 Å². The summed E-state index contributed by atoms with van der Waals surface area (Å²) < 4.78 is 68.9. The molecule has 0 bridgehead atoms. The number of ether oxygens (including phenoxy) is 4. The van der Waals surface area contributed by atoms with Gasteiger partial charge in [-0.1, -0.05) is 401 Å². The molecule has 4 unspecified atom stereocenters. The summed E-state index contributed by atoms with van der Waals surface area (Å²) in [5.41, 5.74) is 0. The molecule has 0 aromatic heterocycles. The van der Waals surface area contributed by atoms with Crippen LogP contribution in [-0.2, 0) is 65.4 Å². The Morgan fingerprint density at radius 2 is 0.462 bits per heavy atom. The molecule has 0 aliphatic rings. The molecule has 0 radical (unpaired) electrons. The Morgan fingerprint density at radius 1 is 0.269 bits per heavy atom. The van der Waals surface area contributed by atoms with Gasteiger partial charge in [-0.2, -0.15) is 0 Å². The zero-order valence-corrected chi connectivity index (χ0v) is 70.1. The monoisotopic (exact) mass is 1520 g/mol. The fraction of sp³-hybridized carbons (Fsp3) is 0.953. The van der Waals surface area contributed by atoms with E-state index in [0.717, 1.165) is 102 Å². The first-order valence-electron chi connectivity index (χ1n) is 44.1. The van der Waals surface area contributed by atoms with Crippen molar-refractivity contribution in [2.24, 2.45) is 11.8 Å². The van der Waals surface area contributed by atoms with Crippen molar-refractivity contribution in [3.05, 3.63) is 0 Å². The van der Waals surface area contributed by atoms with E-state index in [9.17, 15) is 43.2 Å². The minimum absolute atomic E-state index is 0.108. The SMILES string of the molecule is CCCCCCCCCCCCCCCCCC(=O)OC[C@H](COP(=O)(O)OC[C@@H](O)COP(=O)(O)OC[C@@H](COC(=O)CCCCCCCCCCC(C)CC)OC(=O)CCCCCCCCCCCCCCCCC)OC(=O)CCCCCCCCCCCCCCCCCCCCC(C)CC. The van der Waals surface area contributed by atoms with Crippen LogP contribution in [0.2, 0.25) is 0 Å². The molecule has 0 amide bonds. The van der Waals surface area contributed by atoms with Crippen molar-refractivity contribution in [1.82, 2.24) is 0 Å². The molecule has 19 heteroatoms. The Labute approximate surface area is 638 Å². The maximum Gasteiger partial charge on any atom is 0.472 e. The van der Waals surface area contributed by atoms with Crippen molar-refractivity contribution in [2.45, 2.75) is 471 Å². The third-order valence-corrected chi connectivity index (χ3v) is 22.6. The van der Waals surface area contributed by atoms with E-state index >= 15 is 0 Å². The lowest BCUT2D eigenvalue weighted by Crippen LogP contribution is -2.30. The summed E-state index contributed by atoms with van der Waals surface area (Å²) in [7, 11) is -9.93. The molecule has 0 aliphatic heterocycles. The molecule has 0 heterocycles. The van der Waals surface area contributed by atoms with Gasteiger partial charge in [0.25, 0.3) is 0 Å². The standard InChI is InChI=1S/C85H166O17P2/c1-7-11-13-15-17-19-21-23-29-34-38-42-49-55-61-67-82(87)95-73-80(101-84(89)70-64-58-52-44-40-36-32-28-26-25-27-31-33-37-41-47-53-59-65-77(5)9-3)75-99-103(91,92)97-71-79(86)72-98-104(93,94)100-76-81(74-96-83(88)68-62-56-50-46-45-48-54-60-66-78(6)10-4)102-85(90)69-63-57-51-43-39-35-30-24-22-20-18-16-14-12-8-2/h77-81,86H,7-76H2,1-6H3,(H,91,92)(H,93,94)/t77?,78?,79-,80-,81-/m1/s1. The van der Waals surface area contributed by atoms with Crippen LogP contribution >= 0.6 is 15.6 Å². The number of aliphatic hydroxyl groups is 1. The number of hydrogen-bond donors (Lipinski definition) is 3. The number of carbonyl (C=O) groups is 4. The molecule has 0 aromatic rings. The van der Waals surface area contributed by atoms with Gasteiger partial charge in [0.15, 0.2) is 12.2 Å². The van der Waals surface area contributed by atoms with Crippen LogP contribution in [0.4, 0.5) is 0 Å². The Bertz CT molecular complexity index is 2000. The highest BCUT2D eigenvalue weighted by atomic mass is 31.2. The van der Waals surface area contributed by atoms with Crippen molar-refractivity contribution in [3.8, 4) is 0 Å². The van der Waals surface area contributed by atoms with Crippen LogP contribution in [0.5, 0.6) is 0 Å². The smallest absolute Gasteiger partial charge is 0.462 e. The molecular formula is C85H166O17P2. The lowest BCUT2D eigenvalue weighted by Gasteiger charge is -2.21. The number of phosphoric acid groups is 2. The first kappa shape index (κ1) is 102. The van der Waals surface area contributed by atoms with Gasteiger partial charge in [-0.05, 0) is 37.5 Å². The van der Waals surface area contributed by atoms with E-state index in [4.69, 9.17) is 37.0 Å². The molecule has 104 heavy (non-hydrogen) atoms. The molecule has 0 aliphatic carbocycles. The van der Waals surface area contributed by atoms with Crippen molar-refractivity contribution in [3.63, 3.8) is 0 Å². The Morgan fingerprint density at radius 3 is 0.683 bits per heavy atom. The van der Waals surface area contributed by atoms with E-state index in [0.29, 0.717) is 25.7 Å². The average Bonchev–Trinajstić information content (AvgIpc) is 0.901. The molecule has 618 valence electrons. The van der Waals surface area contributed by atoms with Crippen molar-refractivity contribution in [2.75, 3.05) is 39.6 Å². The Balaban J connectivity index is 5.24. The predicted molar refractivity (Wildman–Crippen MR) is 428 cm³/mol. The van der Waals surface area contributed by atoms with Crippen LogP contribution in [0.15, 0.2) is 0 Å². The number of esters is 4. The number of aliphatic hydroxyl groups excluding tert-OH is 1. The second-order valence-electron chi connectivity index (χ2n) is 31.1. The number of phosphoric ester groups is 2. The Hall–Kier alpha value is -1.94. The maximum absolute atomic E-state index is 13.1. The molecule has 0 saturated carbocycles. The van der Waals surface area contributed by atoms with Gasteiger partial charge in [-0.15, -0.1) is 0 Å². The summed E-state index contributed by atoms with van der Waals surface area (Å²) in [6.45, 7) is 9.74. The van der Waals surface area contributed by atoms with E-state index in [-0.39, 0.29) is 25.7 Å². The van der Waals surface area contributed by atoms with Crippen LogP contribution in [0.1, 0.15) is 452 Å². The van der Waals surface area contributed by atoms with Crippen LogP contribution in [0, 0.1) is 11.8 Å². The van der Waals surface area contributed by atoms with Crippen molar-refractivity contribution in [1.29, 1.82) is 0 Å². The van der Waals surface area contributed by atoms with Gasteiger partial charge >= 0.3 is 39.5 Å². The number of carbonyl (C=O) groups excluding carboxylic acids is 4. The van der Waals surface area contributed by atoms with E-state index in [1.165, 1.54) is 270 Å². The average molecular weight is 1520 g/mol. The second-order valence-corrected chi connectivity index (χ2v) is 34.0. The number of rotatable bonds is 84. The topological polar surface area (TPSA) is 237 Å². The minimum Gasteiger partial charge on any atom is -0.462 e. The van der Waals surface area contributed by atoms with E-state index in [1.54, 1.807) is 0 Å². The summed E-state index contributed by atoms with van der Waals surface area (Å²) in [5, 5.41) is 10.7. The molecule has 0 fully saturated rings. The van der Waals surface area contributed by atoms with Gasteiger partial charge in [-0.25, -0.2) is 9.13 Å². The summed E-state index contributed by atoms with van der Waals surface area (Å²) in [4.78, 5) is 73.2. The van der Waals surface area contributed by atoms with Crippen molar-refractivity contribution >= 4 is 39.5 Å².